The van der Waals surface area contributed by atoms with Gasteiger partial charge < -0.3 is 4.74 Å². The minimum atomic E-state index is -0.462. The van der Waals surface area contributed by atoms with Crippen molar-refractivity contribution in [1.82, 2.24) is 0 Å². The molecule has 2 aromatic carbocycles. The molecule has 0 amide bonds. The van der Waals surface area contributed by atoms with Crippen molar-refractivity contribution >= 4 is 23.2 Å². The highest BCUT2D eigenvalue weighted by Crippen LogP contribution is 2.19. The zero-order valence-electron chi connectivity index (χ0n) is 9.80. The van der Waals surface area contributed by atoms with Crippen LogP contribution in [0, 0.1) is 11.6 Å². The van der Waals surface area contributed by atoms with Crippen LogP contribution in [0.3, 0.4) is 0 Å². The molecule has 0 bridgehead atoms. The Hall–Kier alpha value is -1.16. The smallest absolute Gasteiger partial charge is 0.141 e. The van der Waals surface area contributed by atoms with E-state index in [-0.39, 0.29) is 23.3 Å². The van der Waals surface area contributed by atoms with E-state index < -0.39 is 11.6 Å². The van der Waals surface area contributed by atoms with Crippen molar-refractivity contribution in [2.24, 2.45) is 0 Å². The highest BCUT2D eigenvalue weighted by atomic mass is 35.5. The third-order valence-electron chi connectivity index (χ3n) is 2.51. The van der Waals surface area contributed by atoms with Gasteiger partial charge in [0, 0.05) is 0 Å². The van der Waals surface area contributed by atoms with E-state index in [2.05, 4.69) is 0 Å². The molecule has 19 heavy (non-hydrogen) atoms. The minimum Gasteiger partial charge on any atom is -0.372 e. The lowest BCUT2D eigenvalue weighted by molar-refractivity contribution is 0.107. The minimum absolute atomic E-state index is 0.0610. The number of hydrogen-bond acceptors (Lipinski definition) is 1. The van der Waals surface area contributed by atoms with Gasteiger partial charge in [0.05, 0.1) is 23.3 Å². The first kappa shape index (κ1) is 14.3. The van der Waals surface area contributed by atoms with Crippen molar-refractivity contribution in [2.45, 2.75) is 13.2 Å². The Bertz CT molecular complexity index is 536. The van der Waals surface area contributed by atoms with Crippen molar-refractivity contribution < 1.29 is 13.5 Å². The Morgan fingerprint density at radius 3 is 1.58 bits per heavy atom. The first-order valence-electron chi connectivity index (χ1n) is 5.52. The Balaban J connectivity index is 1.92. The molecule has 0 aliphatic rings. The van der Waals surface area contributed by atoms with Crippen LogP contribution in [0.2, 0.25) is 10.0 Å². The molecular formula is C14H10Cl2F2O. The molecule has 0 atom stereocenters. The van der Waals surface area contributed by atoms with E-state index in [0.717, 1.165) is 11.1 Å². The lowest BCUT2D eigenvalue weighted by atomic mass is 10.2. The van der Waals surface area contributed by atoms with Crippen LogP contribution >= 0.6 is 23.2 Å². The van der Waals surface area contributed by atoms with Gasteiger partial charge in [-0.3, -0.25) is 0 Å². The molecule has 100 valence electrons. The maximum Gasteiger partial charge on any atom is 0.141 e. The van der Waals surface area contributed by atoms with Crippen LogP contribution in [0.1, 0.15) is 11.1 Å². The first-order chi connectivity index (χ1) is 9.06. The Morgan fingerprint density at radius 2 is 1.21 bits per heavy atom. The fraction of sp³-hybridized carbons (Fsp3) is 0.143. The first-order valence-corrected chi connectivity index (χ1v) is 6.27. The van der Waals surface area contributed by atoms with Crippen molar-refractivity contribution in [3.05, 3.63) is 69.2 Å². The van der Waals surface area contributed by atoms with Crippen molar-refractivity contribution in [1.29, 1.82) is 0 Å². The van der Waals surface area contributed by atoms with Gasteiger partial charge in [0.15, 0.2) is 0 Å². The number of ether oxygens (including phenoxy) is 1. The molecule has 0 saturated carbocycles. The quantitative estimate of drug-likeness (QED) is 0.773. The third kappa shape index (κ3) is 3.90. The van der Waals surface area contributed by atoms with Crippen LogP contribution < -0.4 is 0 Å². The summed E-state index contributed by atoms with van der Waals surface area (Å²) in [7, 11) is 0. The molecule has 0 fully saturated rings. The molecule has 0 radical (unpaired) electrons. The number of benzene rings is 2. The predicted molar refractivity (Wildman–Crippen MR) is 71.3 cm³/mol. The third-order valence-corrected chi connectivity index (χ3v) is 3.08. The molecule has 0 heterocycles. The Kier molecular flexibility index (Phi) is 4.75. The fourth-order valence-corrected chi connectivity index (χ4v) is 1.95. The van der Waals surface area contributed by atoms with Gasteiger partial charge in [-0.1, -0.05) is 35.3 Å². The lowest BCUT2D eigenvalue weighted by Gasteiger charge is -2.06. The van der Waals surface area contributed by atoms with E-state index in [0.29, 0.717) is 0 Å². The van der Waals surface area contributed by atoms with Gasteiger partial charge in [-0.25, -0.2) is 8.78 Å². The molecule has 1 nitrogen and oxygen atoms in total. The second-order valence-corrected chi connectivity index (χ2v) is 4.80. The van der Waals surface area contributed by atoms with Crippen LogP contribution in [0.4, 0.5) is 8.78 Å². The number of halogens is 4. The molecule has 0 N–H and O–H groups in total. The van der Waals surface area contributed by atoms with Gasteiger partial charge in [0.25, 0.3) is 0 Å². The highest BCUT2D eigenvalue weighted by molar-refractivity contribution is 6.31. The average Bonchev–Trinajstić information content (AvgIpc) is 2.38. The molecular weight excluding hydrogens is 293 g/mol. The molecule has 0 aliphatic heterocycles. The summed E-state index contributed by atoms with van der Waals surface area (Å²) in [5, 5.41) is 0.122. The van der Waals surface area contributed by atoms with E-state index in [1.54, 1.807) is 12.1 Å². The standard InChI is InChI=1S/C14H10Cl2F2O/c15-11-5-9(1-3-13(11)17)7-19-8-10-2-4-14(18)12(16)6-10/h1-6H,7-8H2. The normalized spacial score (nSPS) is 10.7. The summed E-state index contributed by atoms with van der Waals surface area (Å²) < 4.78 is 31.3. The SMILES string of the molecule is Fc1ccc(COCc2ccc(F)c(Cl)c2)cc1Cl. The summed E-state index contributed by atoms with van der Waals surface area (Å²) in [5.74, 6) is -0.925. The Morgan fingerprint density at radius 1 is 0.789 bits per heavy atom. The molecule has 0 aromatic heterocycles. The van der Waals surface area contributed by atoms with E-state index in [1.807, 2.05) is 0 Å². The number of rotatable bonds is 4. The monoisotopic (exact) mass is 302 g/mol. The van der Waals surface area contributed by atoms with Gasteiger partial charge in [-0.15, -0.1) is 0 Å². The predicted octanol–water partition coefficient (Wildman–Crippen LogP) is 4.99. The molecule has 0 unspecified atom stereocenters. The van der Waals surface area contributed by atoms with Crippen LogP contribution in [-0.2, 0) is 18.0 Å². The van der Waals surface area contributed by atoms with Crippen LogP contribution in [0.5, 0.6) is 0 Å². The van der Waals surface area contributed by atoms with Crippen molar-refractivity contribution in [3.63, 3.8) is 0 Å². The maximum absolute atomic E-state index is 12.9. The molecule has 0 aliphatic carbocycles. The second-order valence-electron chi connectivity index (χ2n) is 3.99. The average molecular weight is 303 g/mol. The summed E-state index contributed by atoms with van der Waals surface area (Å²) in [5.41, 5.74) is 1.53. The lowest BCUT2D eigenvalue weighted by Crippen LogP contribution is -1.95. The van der Waals surface area contributed by atoms with Crippen LogP contribution in [0.15, 0.2) is 36.4 Å². The molecule has 0 spiro atoms. The largest absolute Gasteiger partial charge is 0.372 e. The zero-order chi connectivity index (χ0) is 13.8. The van der Waals surface area contributed by atoms with E-state index in [4.69, 9.17) is 27.9 Å². The van der Waals surface area contributed by atoms with Gasteiger partial charge in [-0.05, 0) is 35.4 Å². The molecule has 0 saturated heterocycles. The van der Waals surface area contributed by atoms with Gasteiger partial charge in [0.2, 0.25) is 0 Å². The van der Waals surface area contributed by atoms with E-state index in [9.17, 15) is 8.78 Å². The van der Waals surface area contributed by atoms with Gasteiger partial charge >= 0.3 is 0 Å². The summed E-state index contributed by atoms with van der Waals surface area (Å²) in [6.07, 6.45) is 0. The molecule has 2 aromatic rings. The summed E-state index contributed by atoms with van der Waals surface area (Å²) in [6.45, 7) is 0.573. The molecule has 5 heteroatoms. The van der Waals surface area contributed by atoms with Crippen molar-refractivity contribution in [2.75, 3.05) is 0 Å². The summed E-state index contributed by atoms with van der Waals surface area (Å²) in [4.78, 5) is 0. The van der Waals surface area contributed by atoms with Crippen molar-refractivity contribution in [3.8, 4) is 0 Å². The van der Waals surface area contributed by atoms with E-state index >= 15 is 0 Å². The van der Waals surface area contributed by atoms with Gasteiger partial charge in [0.1, 0.15) is 11.6 Å². The number of hydrogen-bond donors (Lipinski definition) is 0. The topological polar surface area (TPSA) is 9.23 Å². The zero-order valence-corrected chi connectivity index (χ0v) is 11.3. The van der Waals surface area contributed by atoms with Gasteiger partial charge in [-0.2, -0.15) is 0 Å². The second kappa shape index (κ2) is 6.33. The van der Waals surface area contributed by atoms with Crippen LogP contribution in [-0.4, -0.2) is 0 Å². The summed E-state index contributed by atoms with van der Waals surface area (Å²) >= 11 is 11.3. The Labute approximate surface area is 119 Å². The maximum atomic E-state index is 12.9. The highest BCUT2D eigenvalue weighted by Gasteiger charge is 2.03. The molecule has 2 rings (SSSR count). The summed E-state index contributed by atoms with van der Waals surface area (Å²) in [6, 6.07) is 8.78. The fourth-order valence-electron chi connectivity index (χ4n) is 1.55. The van der Waals surface area contributed by atoms with E-state index in [1.165, 1.54) is 24.3 Å². The van der Waals surface area contributed by atoms with Crippen LogP contribution in [0.25, 0.3) is 0 Å².